The molecular formula is C25H23NS2. The molecule has 28 heavy (non-hydrogen) atoms. The van der Waals surface area contributed by atoms with E-state index in [2.05, 4.69) is 114 Å². The molecular weight excluding hydrogens is 378 g/mol. The standard InChI is InChI=1S/C25H23NS2/c1-18-22-9-4-5-10-24(22)26-23(18)13-14-25(27-15-6-16-28-25)21-12-11-19-7-2-3-8-20(19)17-21/h2-5,7-14,17,26H,6,15-16H2,1H3/b14-13+. The fourth-order valence-corrected chi connectivity index (χ4v) is 7.09. The molecule has 1 nitrogen and oxygen atoms in total. The molecule has 3 aromatic carbocycles. The number of rotatable bonds is 3. The summed E-state index contributed by atoms with van der Waals surface area (Å²) >= 11 is 4.13. The SMILES string of the molecule is Cc1c(/C=C/C2(c3ccc4ccccc4c3)SCCCS2)[nH]c2ccccc12. The molecule has 0 aliphatic carbocycles. The van der Waals surface area contributed by atoms with Gasteiger partial charge < -0.3 is 4.98 Å². The van der Waals surface area contributed by atoms with Gasteiger partial charge in [-0.05, 0) is 65.0 Å². The third-order valence-corrected chi connectivity index (χ3v) is 8.84. The fraction of sp³-hybridized carbons (Fsp3) is 0.200. The lowest BCUT2D eigenvalue weighted by molar-refractivity contribution is 1.04. The molecule has 0 spiro atoms. The van der Waals surface area contributed by atoms with Crippen molar-refractivity contribution in [3.63, 3.8) is 0 Å². The van der Waals surface area contributed by atoms with Crippen LogP contribution >= 0.6 is 23.5 Å². The van der Waals surface area contributed by atoms with Crippen LogP contribution in [0, 0.1) is 6.92 Å². The van der Waals surface area contributed by atoms with Crippen molar-refractivity contribution in [3.05, 3.63) is 89.6 Å². The van der Waals surface area contributed by atoms with E-state index in [1.165, 1.54) is 56.4 Å². The van der Waals surface area contributed by atoms with Gasteiger partial charge in [0.05, 0.1) is 0 Å². The summed E-state index contributed by atoms with van der Waals surface area (Å²) in [6, 6.07) is 24.2. The zero-order valence-corrected chi connectivity index (χ0v) is 17.6. The summed E-state index contributed by atoms with van der Waals surface area (Å²) in [6.07, 6.45) is 6.00. The maximum atomic E-state index is 3.60. The molecule has 0 radical (unpaired) electrons. The number of fused-ring (bicyclic) bond motifs is 2. The predicted molar refractivity (Wildman–Crippen MR) is 127 cm³/mol. The van der Waals surface area contributed by atoms with Crippen LogP contribution in [0.15, 0.2) is 72.8 Å². The van der Waals surface area contributed by atoms with Crippen LogP contribution in [0.5, 0.6) is 0 Å². The average molecular weight is 402 g/mol. The Labute approximate surface area is 174 Å². The minimum atomic E-state index is -0.0218. The number of hydrogen-bond donors (Lipinski definition) is 1. The Balaban J connectivity index is 1.58. The first-order chi connectivity index (χ1) is 13.8. The number of H-pyrrole nitrogens is 1. The largest absolute Gasteiger partial charge is 0.355 e. The Morgan fingerprint density at radius 3 is 2.46 bits per heavy atom. The first kappa shape index (κ1) is 18.0. The van der Waals surface area contributed by atoms with Crippen LogP contribution in [0.2, 0.25) is 0 Å². The molecule has 4 aromatic rings. The summed E-state index contributed by atoms with van der Waals surface area (Å²) in [6.45, 7) is 2.21. The molecule has 1 aromatic heterocycles. The topological polar surface area (TPSA) is 15.8 Å². The number of aromatic amines is 1. The highest BCUT2D eigenvalue weighted by atomic mass is 32.2. The molecule has 1 saturated heterocycles. The molecule has 1 aliphatic rings. The van der Waals surface area contributed by atoms with Crippen LogP contribution in [0.1, 0.15) is 23.2 Å². The Morgan fingerprint density at radius 1 is 0.893 bits per heavy atom. The second kappa shape index (κ2) is 7.38. The van der Waals surface area contributed by atoms with Crippen molar-refractivity contribution in [1.82, 2.24) is 4.98 Å². The summed E-state index contributed by atoms with van der Waals surface area (Å²) in [5, 5.41) is 3.94. The number of thioether (sulfide) groups is 2. The molecule has 0 saturated carbocycles. The van der Waals surface area contributed by atoms with Crippen molar-refractivity contribution < 1.29 is 0 Å². The molecule has 0 unspecified atom stereocenters. The molecule has 1 N–H and O–H groups in total. The van der Waals surface area contributed by atoms with E-state index in [4.69, 9.17) is 0 Å². The van der Waals surface area contributed by atoms with Crippen LogP contribution in [0.4, 0.5) is 0 Å². The molecule has 0 amide bonds. The molecule has 0 bridgehead atoms. The van der Waals surface area contributed by atoms with Gasteiger partial charge in [-0.1, -0.05) is 60.7 Å². The second-order valence-corrected chi connectivity index (χ2v) is 10.3. The Morgan fingerprint density at radius 2 is 1.64 bits per heavy atom. The van der Waals surface area contributed by atoms with Gasteiger partial charge in [-0.15, -0.1) is 23.5 Å². The monoisotopic (exact) mass is 401 g/mol. The third kappa shape index (κ3) is 3.17. The number of aromatic nitrogens is 1. The van der Waals surface area contributed by atoms with Gasteiger partial charge in [-0.25, -0.2) is 0 Å². The van der Waals surface area contributed by atoms with Crippen molar-refractivity contribution >= 4 is 51.3 Å². The third-order valence-electron chi connectivity index (χ3n) is 5.55. The molecule has 1 aliphatic heterocycles. The van der Waals surface area contributed by atoms with E-state index < -0.39 is 0 Å². The summed E-state index contributed by atoms with van der Waals surface area (Å²) in [5.74, 6) is 2.41. The van der Waals surface area contributed by atoms with Gasteiger partial charge >= 0.3 is 0 Å². The van der Waals surface area contributed by atoms with Crippen molar-refractivity contribution in [2.45, 2.75) is 17.4 Å². The van der Waals surface area contributed by atoms with Crippen LogP contribution < -0.4 is 0 Å². The molecule has 3 heteroatoms. The first-order valence-electron chi connectivity index (χ1n) is 9.79. The Hall–Kier alpha value is -2.10. The van der Waals surface area contributed by atoms with E-state index in [1.54, 1.807) is 0 Å². The summed E-state index contributed by atoms with van der Waals surface area (Å²) in [5.41, 5.74) is 5.15. The highest BCUT2D eigenvalue weighted by Crippen LogP contribution is 2.52. The lowest BCUT2D eigenvalue weighted by Gasteiger charge is -2.34. The van der Waals surface area contributed by atoms with E-state index >= 15 is 0 Å². The Kier molecular flexibility index (Phi) is 4.73. The van der Waals surface area contributed by atoms with Crippen molar-refractivity contribution in [2.75, 3.05) is 11.5 Å². The number of para-hydroxylation sites is 1. The minimum Gasteiger partial charge on any atom is -0.355 e. The number of benzene rings is 3. The fourth-order valence-electron chi connectivity index (χ4n) is 3.98. The van der Waals surface area contributed by atoms with Crippen LogP contribution in [0.25, 0.3) is 27.8 Å². The van der Waals surface area contributed by atoms with Gasteiger partial charge in [0.15, 0.2) is 0 Å². The van der Waals surface area contributed by atoms with Crippen LogP contribution in [0.3, 0.4) is 0 Å². The van der Waals surface area contributed by atoms with E-state index in [-0.39, 0.29) is 4.08 Å². The zero-order chi connectivity index (χ0) is 19.0. The van der Waals surface area contributed by atoms with Gasteiger partial charge in [0.2, 0.25) is 0 Å². The predicted octanol–water partition coefficient (Wildman–Crippen LogP) is 7.37. The Bertz CT molecular complexity index is 1170. The van der Waals surface area contributed by atoms with E-state index in [9.17, 15) is 0 Å². The van der Waals surface area contributed by atoms with Crippen molar-refractivity contribution in [1.29, 1.82) is 0 Å². The maximum Gasteiger partial charge on any atom is 0.105 e. The van der Waals surface area contributed by atoms with E-state index in [0.29, 0.717) is 0 Å². The van der Waals surface area contributed by atoms with Crippen molar-refractivity contribution in [2.24, 2.45) is 0 Å². The van der Waals surface area contributed by atoms with Gasteiger partial charge in [0, 0.05) is 16.6 Å². The van der Waals surface area contributed by atoms with Gasteiger partial charge in [-0.2, -0.15) is 0 Å². The number of nitrogens with one attached hydrogen (secondary N) is 1. The van der Waals surface area contributed by atoms with E-state index in [1.807, 2.05) is 0 Å². The van der Waals surface area contributed by atoms with Gasteiger partial charge in [0.1, 0.15) is 4.08 Å². The summed E-state index contributed by atoms with van der Waals surface area (Å²) in [4.78, 5) is 3.60. The highest BCUT2D eigenvalue weighted by molar-refractivity contribution is 8.18. The summed E-state index contributed by atoms with van der Waals surface area (Å²) in [7, 11) is 0. The zero-order valence-electron chi connectivity index (χ0n) is 15.9. The van der Waals surface area contributed by atoms with E-state index in [0.717, 1.165) is 0 Å². The maximum absolute atomic E-state index is 3.60. The normalized spacial score (nSPS) is 16.9. The first-order valence-corrected chi connectivity index (χ1v) is 11.8. The second-order valence-electron chi connectivity index (χ2n) is 7.32. The smallest absolute Gasteiger partial charge is 0.105 e. The quantitative estimate of drug-likeness (QED) is 0.386. The molecule has 1 fully saturated rings. The van der Waals surface area contributed by atoms with Crippen LogP contribution in [-0.2, 0) is 4.08 Å². The molecule has 0 atom stereocenters. The average Bonchev–Trinajstić information content (AvgIpc) is 3.08. The highest BCUT2D eigenvalue weighted by Gasteiger charge is 2.33. The van der Waals surface area contributed by atoms with Gasteiger partial charge in [0.25, 0.3) is 0 Å². The molecule has 5 rings (SSSR count). The molecule has 2 heterocycles. The number of aryl methyl sites for hydroxylation is 1. The summed E-state index contributed by atoms with van der Waals surface area (Å²) < 4.78 is -0.0218. The minimum absolute atomic E-state index is 0.0218. The van der Waals surface area contributed by atoms with Gasteiger partial charge in [-0.3, -0.25) is 0 Å². The number of hydrogen-bond acceptors (Lipinski definition) is 2. The molecule has 140 valence electrons. The van der Waals surface area contributed by atoms with Crippen molar-refractivity contribution in [3.8, 4) is 0 Å². The van der Waals surface area contributed by atoms with Crippen LogP contribution in [-0.4, -0.2) is 16.5 Å². The lowest BCUT2D eigenvalue weighted by atomic mass is 10.0. The lowest BCUT2D eigenvalue weighted by Crippen LogP contribution is -2.20.